The van der Waals surface area contributed by atoms with Crippen molar-refractivity contribution < 1.29 is 9.84 Å². The molecule has 0 aromatic heterocycles. The van der Waals surface area contributed by atoms with E-state index in [0.717, 1.165) is 5.69 Å². The third kappa shape index (κ3) is 3.75. The Morgan fingerprint density at radius 2 is 1.96 bits per heavy atom. The number of hydrogen-bond acceptors (Lipinski definition) is 4. The van der Waals surface area contributed by atoms with E-state index >= 15 is 0 Å². The van der Waals surface area contributed by atoms with Gasteiger partial charge in [-0.1, -0.05) is 11.6 Å². The monoisotopic (exact) mass is 387 g/mol. The Morgan fingerprint density at radius 1 is 1.27 bits per heavy atom. The Hall–Kier alpha value is -2.33. The number of aliphatic hydroxyl groups is 1. The summed E-state index contributed by atoms with van der Waals surface area (Å²) in [6.07, 6.45) is -0.867. The van der Waals surface area contributed by atoms with Crippen LogP contribution in [0, 0.1) is 11.3 Å². The van der Waals surface area contributed by atoms with Gasteiger partial charge in [0, 0.05) is 16.3 Å². The van der Waals surface area contributed by atoms with Gasteiger partial charge in [-0.25, -0.2) is 0 Å². The molecule has 0 unspecified atom stereocenters. The van der Waals surface area contributed by atoms with Crippen LogP contribution in [0.4, 0.5) is 5.69 Å². The van der Waals surface area contributed by atoms with E-state index < -0.39 is 17.7 Å². The number of nitriles is 1. The minimum Gasteiger partial charge on any atom is -0.485 e. The molecule has 3 rings (SSSR count). The van der Waals surface area contributed by atoms with E-state index in [9.17, 15) is 10.4 Å². The van der Waals surface area contributed by atoms with Crippen molar-refractivity contribution >= 4 is 34.6 Å². The summed E-state index contributed by atoms with van der Waals surface area (Å²) in [6, 6.07) is 13.9. The van der Waals surface area contributed by atoms with E-state index in [1.807, 2.05) is 26.0 Å². The molecule has 1 aliphatic heterocycles. The highest BCUT2D eigenvalue weighted by Gasteiger charge is 2.43. The fraction of sp³-hybridized carbons (Fsp3) is 0.263. The van der Waals surface area contributed by atoms with Crippen molar-refractivity contribution in [2.75, 3.05) is 5.32 Å². The smallest absolute Gasteiger partial charge is 0.171 e. The van der Waals surface area contributed by atoms with Crippen molar-refractivity contribution in [3.63, 3.8) is 0 Å². The minimum absolute atomic E-state index is 0.349. The van der Waals surface area contributed by atoms with Crippen LogP contribution in [-0.4, -0.2) is 21.9 Å². The molecule has 0 aliphatic carbocycles. The highest BCUT2D eigenvalue weighted by Crippen LogP contribution is 2.40. The molecule has 7 heteroatoms. The van der Waals surface area contributed by atoms with Gasteiger partial charge < -0.3 is 20.5 Å². The van der Waals surface area contributed by atoms with Gasteiger partial charge in [-0.15, -0.1) is 0 Å². The molecule has 134 valence electrons. The maximum absolute atomic E-state index is 10.8. The standard InChI is InChI=1S/C19H18ClN3O2S/c1-19(2)17(24)16(14-9-11(10-21)3-8-15(14)25-19)23-18(26)22-13-6-4-12(20)5-7-13/h3-9,16-17,24H,1-2H3,(H2,22,23,26)/t16-,17+/m1/s1. The molecule has 2 aromatic rings. The minimum atomic E-state index is -0.867. The lowest BCUT2D eigenvalue weighted by molar-refractivity contribution is -0.0609. The van der Waals surface area contributed by atoms with E-state index in [-0.39, 0.29) is 0 Å². The summed E-state index contributed by atoms with van der Waals surface area (Å²) in [5.74, 6) is 0.617. The van der Waals surface area contributed by atoms with Crippen LogP contribution in [0.2, 0.25) is 5.02 Å². The summed E-state index contributed by atoms with van der Waals surface area (Å²) in [6.45, 7) is 3.62. The third-order valence-electron chi connectivity index (χ3n) is 4.26. The van der Waals surface area contributed by atoms with Crippen LogP contribution >= 0.6 is 23.8 Å². The van der Waals surface area contributed by atoms with Gasteiger partial charge in [0.15, 0.2) is 5.11 Å². The molecule has 26 heavy (non-hydrogen) atoms. The number of fused-ring (bicyclic) bond motifs is 1. The second-order valence-electron chi connectivity index (χ2n) is 6.60. The lowest BCUT2D eigenvalue weighted by Crippen LogP contribution is -2.54. The first-order valence-corrected chi connectivity index (χ1v) is 8.83. The van der Waals surface area contributed by atoms with E-state index in [0.29, 0.717) is 27.0 Å². The van der Waals surface area contributed by atoms with Crippen LogP contribution in [-0.2, 0) is 0 Å². The van der Waals surface area contributed by atoms with Crippen LogP contribution in [0.1, 0.15) is 31.0 Å². The van der Waals surface area contributed by atoms with Crippen molar-refractivity contribution in [1.82, 2.24) is 5.32 Å². The number of halogens is 1. The average Bonchev–Trinajstić information content (AvgIpc) is 2.60. The largest absolute Gasteiger partial charge is 0.485 e. The molecule has 5 nitrogen and oxygen atoms in total. The van der Waals surface area contributed by atoms with E-state index in [1.165, 1.54) is 0 Å². The SMILES string of the molecule is CC1(C)Oc2ccc(C#N)cc2[C@@H](NC(=S)Nc2ccc(Cl)cc2)[C@@H]1O. The molecule has 0 fully saturated rings. The van der Waals surface area contributed by atoms with Crippen LogP contribution in [0.15, 0.2) is 42.5 Å². The number of aliphatic hydroxyl groups excluding tert-OH is 1. The Labute approximate surface area is 162 Å². The highest BCUT2D eigenvalue weighted by molar-refractivity contribution is 7.80. The molecule has 0 radical (unpaired) electrons. The fourth-order valence-corrected chi connectivity index (χ4v) is 3.24. The van der Waals surface area contributed by atoms with Crippen molar-refractivity contribution in [3.05, 3.63) is 58.6 Å². The number of ether oxygens (including phenoxy) is 1. The number of anilines is 1. The summed E-state index contributed by atoms with van der Waals surface area (Å²) >= 11 is 11.3. The normalized spacial score (nSPS) is 20.3. The lowest BCUT2D eigenvalue weighted by Gasteiger charge is -2.42. The van der Waals surface area contributed by atoms with Crippen molar-refractivity contribution in [2.24, 2.45) is 0 Å². The maximum atomic E-state index is 10.8. The van der Waals surface area contributed by atoms with Gasteiger partial charge in [0.1, 0.15) is 17.5 Å². The first-order valence-electron chi connectivity index (χ1n) is 8.04. The summed E-state index contributed by atoms with van der Waals surface area (Å²) in [7, 11) is 0. The molecule has 2 aromatic carbocycles. The predicted molar refractivity (Wildman–Crippen MR) is 105 cm³/mol. The van der Waals surface area contributed by atoms with Crippen molar-refractivity contribution in [1.29, 1.82) is 5.26 Å². The molecular formula is C19H18ClN3O2S. The molecule has 1 heterocycles. The second-order valence-corrected chi connectivity index (χ2v) is 7.44. The number of thiocarbonyl (C=S) groups is 1. The molecular weight excluding hydrogens is 370 g/mol. The van der Waals surface area contributed by atoms with E-state index in [2.05, 4.69) is 16.7 Å². The molecule has 1 aliphatic rings. The Balaban J connectivity index is 1.86. The maximum Gasteiger partial charge on any atom is 0.171 e. The number of benzene rings is 2. The number of nitrogens with zero attached hydrogens (tertiary/aromatic N) is 1. The van der Waals surface area contributed by atoms with Gasteiger partial charge in [-0.05, 0) is 68.5 Å². The first-order chi connectivity index (χ1) is 12.3. The molecule has 0 saturated heterocycles. The zero-order valence-electron chi connectivity index (χ0n) is 14.3. The predicted octanol–water partition coefficient (Wildman–Crippen LogP) is 3.77. The van der Waals surface area contributed by atoms with Gasteiger partial charge in [-0.3, -0.25) is 0 Å². The molecule has 0 amide bonds. The molecule has 3 N–H and O–H groups in total. The van der Waals surface area contributed by atoms with Crippen LogP contribution < -0.4 is 15.4 Å². The molecule has 0 bridgehead atoms. The summed E-state index contributed by atoms with van der Waals surface area (Å²) < 4.78 is 5.90. The van der Waals surface area contributed by atoms with Gasteiger partial charge in [0.25, 0.3) is 0 Å². The zero-order chi connectivity index (χ0) is 18.9. The average molecular weight is 388 g/mol. The molecule has 0 saturated carbocycles. The first kappa shape index (κ1) is 18.5. The van der Waals surface area contributed by atoms with Gasteiger partial charge in [0.2, 0.25) is 0 Å². The van der Waals surface area contributed by atoms with Crippen LogP contribution in [0.25, 0.3) is 0 Å². The quantitative estimate of drug-likeness (QED) is 0.681. The van der Waals surface area contributed by atoms with Gasteiger partial charge in [0.05, 0.1) is 17.7 Å². The van der Waals surface area contributed by atoms with E-state index in [1.54, 1.807) is 30.3 Å². The molecule has 0 spiro atoms. The number of rotatable bonds is 2. The van der Waals surface area contributed by atoms with Crippen molar-refractivity contribution in [2.45, 2.75) is 31.6 Å². The summed E-state index contributed by atoms with van der Waals surface area (Å²) in [5.41, 5.74) is 1.15. The lowest BCUT2D eigenvalue weighted by atomic mass is 9.86. The summed E-state index contributed by atoms with van der Waals surface area (Å²) in [4.78, 5) is 0. The van der Waals surface area contributed by atoms with E-state index in [4.69, 9.17) is 28.6 Å². The van der Waals surface area contributed by atoms with Crippen LogP contribution in [0.5, 0.6) is 5.75 Å². The second kappa shape index (κ2) is 7.12. The number of nitrogens with one attached hydrogen (secondary N) is 2. The van der Waals surface area contributed by atoms with Gasteiger partial charge in [-0.2, -0.15) is 5.26 Å². The topological polar surface area (TPSA) is 77.3 Å². The summed E-state index contributed by atoms with van der Waals surface area (Å²) in [5, 5.41) is 27.1. The highest BCUT2D eigenvalue weighted by atomic mass is 35.5. The number of hydrogen-bond donors (Lipinski definition) is 3. The third-order valence-corrected chi connectivity index (χ3v) is 4.74. The molecule has 2 atom stereocenters. The fourth-order valence-electron chi connectivity index (χ4n) is 2.87. The Kier molecular flexibility index (Phi) is 5.05. The Morgan fingerprint density at radius 3 is 2.62 bits per heavy atom. The van der Waals surface area contributed by atoms with Crippen molar-refractivity contribution in [3.8, 4) is 11.8 Å². The Bertz CT molecular complexity index is 877. The van der Waals surface area contributed by atoms with Crippen LogP contribution in [0.3, 0.4) is 0 Å². The zero-order valence-corrected chi connectivity index (χ0v) is 15.9. The van der Waals surface area contributed by atoms with Gasteiger partial charge >= 0.3 is 0 Å².